The summed E-state index contributed by atoms with van der Waals surface area (Å²) in [6.45, 7) is 2.11. The highest BCUT2D eigenvalue weighted by Crippen LogP contribution is 2.25. The van der Waals surface area contributed by atoms with Crippen molar-refractivity contribution in [2.45, 2.75) is 13.0 Å². The third-order valence-electron chi connectivity index (χ3n) is 1.95. The summed E-state index contributed by atoms with van der Waals surface area (Å²) in [5, 5.41) is 20.9. The van der Waals surface area contributed by atoms with E-state index < -0.39 is 6.10 Å². The van der Waals surface area contributed by atoms with Crippen LogP contribution in [0.4, 0.5) is 5.69 Å². The lowest BCUT2D eigenvalue weighted by Gasteiger charge is -2.13. The van der Waals surface area contributed by atoms with E-state index >= 15 is 0 Å². The fourth-order valence-electron chi connectivity index (χ4n) is 1.14. The van der Waals surface area contributed by atoms with Gasteiger partial charge in [-0.2, -0.15) is 0 Å². The van der Waals surface area contributed by atoms with Crippen molar-refractivity contribution in [1.29, 1.82) is 0 Å². The van der Waals surface area contributed by atoms with Crippen molar-refractivity contribution in [3.63, 3.8) is 0 Å². The second-order valence-electron chi connectivity index (χ2n) is 3.15. The molecule has 0 aliphatic rings. The van der Waals surface area contributed by atoms with Crippen molar-refractivity contribution in [1.82, 2.24) is 0 Å². The van der Waals surface area contributed by atoms with Gasteiger partial charge in [-0.15, -0.1) is 0 Å². The van der Waals surface area contributed by atoms with Gasteiger partial charge in [0, 0.05) is 11.0 Å². The molecule has 0 amide bonds. The van der Waals surface area contributed by atoms with Crippen LogP contribution in [-0.2, 0) is 0 Å². The standard InChI is InChI=1S/C10H14BrNO2/c1-7-3-2-4-9(11)10(7)12-5-8(14)6-13/h2-4,8,12-14H,5-6H2,1H3. The average molecular weight is 260 g/mol. The predicted molar refractivity (Wildman–Crippen MR) is 60.5 cm³/mol. The molecular weight excluding hydrogens is 246 g/mol. The van der Waals surface area contributed by atoms with Crippen LogP contribution in [0.25, 0.3) is 0 Å². The number of benzene rings is 1. The number of rotatable bonds is 4. The average Bonchev–Trinajstić information content (AvgIpc) is 2.16. The minimum absolute atomic E-state index is 0.226. The first-order valence-electron chi connectivity index (χ1n) is 4.43. The molecular formula is C10H14BrNO2. The molecule has 1 aromatic rings. The monoisotopic (exact) mass is 259 g/mol. The van der Waals surface area contributed by atoms with Gasteiger partial charge < -0.3 is 15.5 Å². The first-order valence-corrected chi connectivity index (χ1v) is 5.22. The molecule has 0 fully saturated rings. The summed E-state index contributed by atoms with van der Waals surface area (Å²) >= 11 is 3.41. The second kappa shape index (κ2) is 5.34. The van der Waals surface area contributed by atoms with Crippen molar-refractivity contribution in [2.24, 2.45) is 0 Å². The summed E-state index contributed by atoms with van der Waals surface area (Å²) in [4.78, 5) is 0. The highest BCUT2D eigenvalue weighted by molar-refractivity contribution is 9.10. The fraction of sp³-hybridized carbons (Fsp3) is 0.400. The molecule has 1 rings (SSSR count). The molecule has 0 aliphatic carbocycles. The largest absolute Gasteiger partial charge is 0.394 e. The lowest BCUT2D eigenvalue weighted by atomic mass is 10.2. The van der Waals surface area contributed by atoms with Crippen molar-refractivity contribution < 1.29 is 10.2 Å². The number of hydrogen-bond acceptors (Lipinski definition) is 3. The van der Waals surface area contributed by atoms with E-state index in [1.165, 1.54) is 0 Å². The molecule has 1 atom stereocenters. The molecule has 4 heteroatoms. The number of halogens is 1. The zero-order valence-electron chi connectivity index (χ0n) is 8.00. The predicted octanol–water partition coefficient (Wildman–Crippen LogP) is 1.52. The van der Waals surface area contributed by atoms with E-state index in [2.05, 4.69) is 21.2 Å². The van der Waals surface area contributed by atoms with Gasteiger partial charge in [-0.25, -0.2) is 0 Å². The number of aliphatic hydroxyl groups is 2. The Kier molecular flexibility index (Phi) is 4.38. The van der Waals surface area contributed by atoms with E-state index in [1.54, 1.807) is 0 Å². The van der Waals surface area contributed by atoms with Gasteiger partial charge in [0.05, 0.1) is 18.4 Å². The Morgan fingerprint density at radius 1 is 1.50 bits per heavy atom. The highest BCUT2D eigenvalue weighted by Gasteiger charge is 2.05. The van der Waals surface area contributed by atoms with Crippen molar-refractivity contribution in [3.05, 3.63) is 28.2 Å². The van der Waals surface area contributed by atoms with Crippen LogP contribution in [0.3, 0.4) is 0 Å². The van der Waals surface area contributed by atoms with Crippen LogP contribution in [0.2, 0.25) is 0 Å². The van der Waals surface area contributed by atoms with Gasteiger partial charge in [-0.05, 0) is 34.5 Å². The normalized spacial score (nSPS) is 12.6. The molecule has 0 saturated heterocycles. The number of aliphatic hydroxyl groups excluding tert-OH is 2. The van der Waals surface area contributed by atoms with Crippen LogP contribution in [0.1, 0.15) is 5.56 Å². The molecule has 3 N–H and O–H groups in total. The molecule has 1 unspecified atom stereocenters. The Balaban J connectivity index is 2.66. The van der Waals surface area contributed by atoms with Crippen LogP contribution in [-0.4, -0.2) is 29.5 Å². The quantitative estimate of drug-likeness (QED) is 0.769. The van der Waals surface area contributed by atoms with Gasteiger partial charge >= 0.3 is 0 Å². The van der Waals surface area contributed by atoms with Crippen LogP contribution in [0, 0.1) is 6.92 Å². The lowest BCUT2D eigenvalue weighted by Crippen LogP contribution is -2.23. The number of anilines is 1. The highest BCUT2D eigenvalue weighted by atomic mass is 79.9. The first kappa shape index (κ1) is 11.5. The summed E-state index contributed by atoms with van der Waals surface area (Å²) in [6.07, 6.45) is -0.721. The Labute approximate surface area is 91.9 Å². The maximum absolute atomic E-state index is 9.17. The van der Waals surface area contributed by atoms with Gasteiger partial charge in [0.25, 0.3) is 0 Å². The minimum Gasteiger partial charge on any atom is -0.394 e. The van der Waals surface area contributed by atoms with Crippen molar-refractivity contribution >= 4 is 21.6 Å². The molecule has 0 bridgehead atoms. The molecule has 14 heavy (non-hydrogen) atoms. The molecule has 0 aliphatic heterocycles. The molecule has 0 radical (unpaired) electrons. The molecule has 3 nitrogen and oxygen atoms in total. The summed E-state index contributed by atoms with van der Waals surface area (Å²) in [6, 6.07) is 5.87. The van der Waals surface area contributed by atoms with E-state index in [4.69, 9.17) is 5.11 Å². The van der Waals surface area contributed by atoms with Crippen LogP contribution >= 0.6 is 15.9 Å². The van der Waals surface area contributed by atoms with E-state index in [9.17, 15) is 5.11 Å². The van der Waals surface area contributed by atoms with Crippen molar-refractivity contribution in [2.75, 3.05) is 18.5 Å². The van der Waals surface area contributed by atoms with Gasteiger partial charge in [0.2, 0.25) is 0 Å². The summed E-state index contributed by atoms with van der Waals surface area (Å²) < 4.78 is 0.961. The number of nitrogens with one attached hydrogen (secondary N) is 1. The summed E-state index contributed by atoms with van der Waals surface area (Å²) in [7, 11) is 0. The Bertz CT molecular complexity index is 284. The van der Waals surface area contributed by atoms with Gasteiger partial charge in [-0.3, -0.25) is 0 Å². The van der Waals surface area contributed by atoms with Crippen molar-refractivity contribution in [3.8, 4) is 0 Å². The van der Waals surface area contributed by atoms with Gasteiger partial charge in [0.15, 0.2) is 0 Å². The molecule has 0 spiro atoms. The van der Waals surface area contributed by atoms with Crippen LogP contribution in [0.5, 0.6) is 0 Å². The summed E-state index contributed by atoms with van der Waals surface area (Å²) in [5.74, 6) is 0. The fourth-order valence-corrected chi connectivity index (χ4v) is 1.75. The molecule has 0 heterocycles. The Morgan fingerprint density at radius 3 is 2.79 bits per heavy atom. The number of aryl methyl sites for hydroxylation is 1. The lowest BCUT2D eigenvalue weighted by molar-refractivity contribution is 0.105. The molecule has 78 valence electrons. The smallest absolute Gasteiger partial charge is 0.0942 e. The number of para-hydroxylation sites is 1. The van der Waals surface area contributed by atoms with E-state index in [0.717, 1.165) is 15.7 Å². The SMILES string of the molecule is Cc1cccc(Br)c1NCC(O)CO. The summed E-state index contributed by atoms with van der Waals surface area (Å²) in [5.41, 5.74) is 2.06. The zero-order valence-corrected chi connectivity index (χ0v) is 9.58. The van der Waals surface area contributed by atoms with E-state index in [1.807, 2.05) is 25.1 Å². The van der Waals surface area contributed by atoms with Gasteiger partial charge in [-0.1, -0.05) is 12.1 Å². The molecule has 0 saturated carbocycles. The maximum atomic E-state index is 9.17. The second-order valence-corrected chi connectivity index (χ2v) is 4.00. The maximum Gasteiger partial charge on any atom is 0.0942 e. The Morgan fingerprint density at radius 2 is 2.21 bits per heavy atom. The molecule has 0 aromatic heterocycles. The third kappa shape index (κ3) is 2.97. The van der Waals surface area contributed by atoms with Gasteiger partial charge in [0.1, 0.15) is 0 Å². The van der Waals surface area contributed by atoms with E-state index in [-0.39, 0.29) is 6.61 Å². The first-order chi connectivity index (χ1) is 6.65. The van der Waals surface area contributed by atoms with Crippen LogP contribution in [0.15, 0.2) is 22.7 Å². The van der Waals surface area contributed by atoms with E-state index in [0.29, 0.717) is 6.54 Å². The zero-order chi connectivity index (χ0) is 10.6. The molecule has 1 aromatic carbocycles. The topological polar surface area (TPSA) is 52.5 Å². The Hall–Kier alpha value is -0.580. The van der Waals surface area contributed by atoms with Crippen LogP contribution < -0.4 is 5.32 Å². The third-order valence-corrected chi connectivity index (χ3v) is 2.61. The minimum atomic E-state index is -0.721. The number of hydrogen-bond donors (Lipinski definition) is 3.